The number of rotatable bonds is 12. The van der Waals surface area contributed by atoms with E-state index in [-0.39, 0.29) is 24.0 Å². The Morgan fingerprint density at radius 2 is 1.49 bits per heavy atom. The van der Waals surface area contributed by atoms with Gasteiger partial charge in [-0.1, -0.05) is 90.1 Å². The van der Waals surface area contributed by atoms with E-state index in [1.165, 1.54) is 12.8 Å². The highest BCUT2D eigenvalue weighted by molar-refractivity contribution is 7.85. The van der Waals surface area contributed by atoms with Crippen LogP contribution in [0.25, 0.3) is 6.08 Å². The summed E-state index contributed by atoms with van der Waals surface area (Å²) >= 11 is 0. The van der Waals surface area contributed by atoms with Gasteiger partial charge in [-0.25, -0.2) is 0 Å². The molecule has 0 heterocycles. The van der Waals surface area contributed by atoms with Crippen molar-refractivity contribution in [1.82, 2.24) is 5.32 Å². The van der Waals surface area contributed by atoms with Crippen LogP contribution in [0, 0.1) is 16.7 Å². The molecule has 1 aliphatic rings. The zero-order chi connectivity index (χ0) is 35.8. The minimum atomic E-state index is -4.17. The minimum absolute atomic E-state index is 0.0486. The topological polar surface area (TPSA) is 122 Å². The summed E-state index contributed by atoms with van der Waals surface area (Å²) in [5.41, 5.74) is 4.17. The lowest BCUT2D eigenvalue weighted by Crippen LogP contribution is -2.30. The van der Waals surface area contributed by atoms with Crippen molar-refractivity contribution < 1.29 is 27.3 Å². The molecule has 9 heteroatoms. The molecule has 1 atom stereocenters. The third kappa shape index (κ3) is 12.5. The molecule has 3 aromatic rings. The SMILES string of the molecule is CC(C)(C)/C=C/c1ccc(C(Cc2ccc(C(=O)NCCS(=O)(=O)O)cc2)C(=O)Nc2ccc(O[C@H]3CC[C@H](C(C)(C)C)CC3)cc2)cc1. The second-order valence-electron chi connectivity index (χ2n) is 15.3. The molecule has 0 radical (unpaired) electrons. The quantitative estimate of drug-likeness (QED) is 0.165. The first-order chi connectivity index (χ1) is 22.9. The van der Waals surface area contributed by atoms with Gasteiger partial charge in [-0.05, 0) is 102 Å². The van der Waals surface area contributed by atoms with Gasteiger partial charge in [0.25, 0.3) is 16.0 Å². The number of amides is 2. The maximum Gasteiger partial charge on any atom is 0.266 e. The van der Waals surface area contributed by atoms with Gasteiger partial charge in [0.1, 0.15) is 5.75 Å². The molecule has 0 spiro atoms. The second kappa shape index (κ2) is 16.2. The van der Waals surface area contributed by atoms with Crippen LogP contribution in [0.4, 0.5) is 5.69 Å². The highest BCUT2D eigenvalue weighted by Gasteiger charge is 2.30. The number of hydrogen-bond donors (Lipinski definition) is 3. The summed E-state index contributed by atoms with van der Waals surface area (Å²) in [6, 6.07) is 22.4. The molecule has 3 N–H and O–H groups in total. The summed E-state index contributed by atoms with van der Waals surface area (Å²) < 4.78 is 37.1. The molecule has 1 aliphatic carbocycles. The first-order valence-electron chi connectivity index (χ1n) is 17.1. The summed E-state index contributed by atoms with van der Waals surface area (Å²) in [6.45, 7) is 13.2. The fourth-order valence-electron chi connectivity index (χ4n) is 6.06. The summed E-state index contributed by atoms with van der Waals surface area (Å²) in [7, 11) is -4.17. The lowest BCUT2D eigenvalue weighted by molar-refractivity contribution is -0.117. The van der Waals surface area contributed by atoms with E-state index < -0.39 is 27.7 Å². The van der Waals surface area contributed by atoms with Crippen molar-refractivity contribution in [2.45, 2.75) is 85.7 Å². The van der Waals surface area contributed by atoms with Gasteiger partial charge in [0, 0.05) is 17.8 Å². The third-order valence-corrected chi connectivity index (χ3v) is 9.78. The van der Waals surface area contributed by atoms with Gasteiger partial charge in [-0.3, -0.25) is 14.1 Å². The third-order valence-electron chi connectivity index (χ3n) is 9.06. The average Bonchev–Trinajstić information content (AvgIpc) is 3.03. The average molecular weight is 689 g/mol. The van der Waals surface area contributed by atoms with Gasteiger partial charge in [-0.15, -0.1) is 0 Å². The standard InChI is InChI=1S/C40H52N2O6S/c1-39(2,3)24-23-28-7-11-30(12-8-28)36(27-29-9-13-31(14-10-29)37(43)41-25-26-49(45,46)47)38(44)42-33-17-21-35(22-18-33)48-34-19-15-32(16-20-34)40(4,5)6/h7-14,17-18,21-24,32,34,36H,15-16,19-20,25-27H2,1-6H3,(H,41,43)(H,42,44)(H,45,46,47)/b24-23+/t32-,34-,36?. The Labute approximate surface area is 292 Å². The van der Waals surface area contributed by atoms with Gasteiger partial charge < -0.3 is 15.4 Å². The Morgan fingerprint density at radius 1 is 0.878 bits per heavy atom. The Balaban J connectivity index is 1.45. The number of carbonyl (C=O) groups excluding carboxylic acids is 2. The number of anilines is 1. The fourth-order valence-corrected chi connectivity index (χ4v) is 6.42. The number of carbonyl (C=O) groups is 2. The Bertz CT molecular complexity index is 1680. The van der Waals surface area contributed by atoms with Crippen LogP contribution in [-0.4, -0.2) is 43.2 Å². The minimum Gasteiger partial charge on any atom is -0.490 e. The summed E-state index contributed by atoms with van der Waals surface area (Å²) in [5, 5.41) is 5.59. The van der Waals surface area contributed by atoms with Gasteiger partial charge in [-0.2, -0.15) is 8.42 Å². The molecule has 8 nitrogen and oxygen atoms in total. The predicted molar refractivity (Wildman–Crippen MR) is 197 cm³/mol. The smallest absolute Gasteiger partial charge is 0.266 e. The van der Waals surface area contributed by atoms with Crippen molar-refractivity contribution in [1.29, 1.82) is 0 Å². The summed E-state index contributed by atoms with van der Waals surface area (Å²) in [4.78, 5) is 26.3. The molecule has 0 aliphatic heterocycles. The van der Waals surface area contributed by atoms with Gasteiger partial charge in [0.15, 0.2) is 0 Å². The molecule has 1 saturated carbocycles. The molecular weight excluding hydrogens is 637 g/mol. The molecule has 0 bridgehead atoms. The predicted octanol–water partition coefficient (Wildman–Crippen LogP) is 8.31. The Kier molecular flexibility index (Phi) is 12.5. The molecule has 3 aromatic carbocycles. The van der Waals surface area contributed by atoms with Crippen molar-refractivity contribution in [2.24, 2.45) is 16.7 Å². The van der Waals surface area contributed by atoms with Gasteiger partial charge in [0.2, 0.25) is 5.91 Å². The number of nitrogens with one attached hydrogen (secondary N) is 2. The highest BCUT2D eigenvalue weighted by atomic mass is 32.2. The largest absolute Gasteiger partial charge is 0.490 e. The molecule has 1 unspecified atom stereocenters. The monoisotopic (exact) mass is 688 g/mol. The van der Waals surface area contributed by atoms with Crippen LogP contribution in [0.15, 0.2) is 78.9 Å². The molecular formula is C40H52N2O6S. The molecule has 0 aromatic heterocycles. The normalized spacial score (nSPS) is 17.8. The van der Waals surface area contributed by atoms with E-state index in [1.54, 1.807) is 24.3 Å². The molecule has 264 valence electrons. The first kappa shape index (κ1) is 37.9. The fraction of sp³-hybridized carbons (Fsp3) is 0.450. The zero-order valence-electron chi connectivity index (χ0n) is 29.7. The summed E-state index contributed by atoms with van der Waals surface area (Å²) in [5.74, 6) is -0.157. The highest BCUT2D eigenvalue weighted by Crippen LogP contribution is 2.39. The zero-order valence-corrected chi connectivity index (χ0v) is 30.5. The first-order valence-corrected chi connectivity index (χ1v) is 18.8. The number of benzene rings is 3. The lowest BCUT2D eigenvalue weighted by Gasteiger charge is -2.36. The second-order valence-corrected chi connectivity index (χ2v) is 16.9. The van der Waals surface area contributed by atoms with Crippen molar-refractivity contribution >= 4 is 33.7 Å². The van der Waals surface area contributed by atoms with Crippen molar-refractivity contribution in [3.8, 4) is 5.75 Å². The van der Waals surface area contributed by atoms with Crippen LogP contribution >= 0.6 is 0 Å². The van der Waals surface area contributed by atoms with Crippen LogP contribution in [0.3, 0.4) is 0 Å². The van der Waals surface area contributed by atoms with Gasteiger partial charge >= 0.3 is 0 Å². The van der Waals surface area contributed by atoms with E-state index in [2.05, 4.69) is 64.3 Å². The van der Waals surface area contributed by atoms with Gasteiger partial charge in [0.05, 0.1) is 17.8 Å². The van der Waals surface area contributed by atoms with E-state index in [0.717, 1.165) is 41.2 Å². The van der Waals surface area contributed by atoms with E-state index in [1.807, 2.05) is 48.5 Å². The van der Waals surface area contributed by atoms with E-state index in [0.29, 0.717) is 23.1 Å². The molecule has 4 rings (SSSR count). The van der Waals surface area contributed by atoms with E-state index in [4.69, 9.17) is 9.29 Å². The molecule has 0 saturated heterocycles. The van der Waals surface area contributed by atoms with E-state index in [9.17, 15) is 18.0 Å². The Morgan fingerprint density at radius 3 is 2.04 bits per heavy atom. The van der Waals surface area contributed by atoms with Crippen LogP contribution in [0.2, 0.25) is 0 Å². The number of hydrogen-bond acceptors (Lipinski definition) is 5. The number of ether oxygens (including phenoxy) is 1. The van der Waals surface area contributed by atoms with Crippen LogP contribution in [-0.2, 0) is 21.3 Å². The van der Waals surface area contributed by atoms with Crippen molar-refractivity contribution in [2.75, 3.05) is 17.6 Å². The Hall–Kier alpha value is -3.95. The molecule has 2 amide bonds. The van der Waals surface area contributed by atoms with Crippen LogP contribution in [0.5, 0.6) is 5.75 Å². The van der Waals surface area contributed by atoms with Crippen molar-refractivity contribution in [3.63, 3.8) is 0 Å². The maximum atomic E-state index is 13.9. The number of allylic oxidation sites excluding steroid dienone is 1. The molecule has 1 fully saturated rings. The van der Waals surface area contributed by atoms with Crippen LogP contribution < -0.4 is 15.4 Å². The van der Waals surface area contributed by atoms with E-state index >= 15 is 0 Å². The maximum absolute atomic E-state index is 13.9. The summed E-state index contributed by atoms with van der Waals surface area (Å²) in [6.07, 6.45) is 9.27. The molecule has 49 heavy (non-hydrogen) atoms. The van der Waals surface area contributed by atoms with Crippen LogP contribution in [0.1, 0.15) is 100 Å². The lowest BCUT2D eigenvalue weighted by atomic mass is 9.72. The van der Waals surface area contributed by atoms with Crippen molar-refractivity contribution in [3.05, 3.63) is 101 Å².